The van der Waals surface area contributed by atoms with E-state index in [1.807, 2.05) is 25.1 Å². The number of fused-ring (bicyclic) bond motifs is 1. The molecule has 2 heterocycles. The molecule has 6 heteroatoms. The number of primary amides is 1. The van der Waals surface area contributed by atoms with E-state index in [4.69, 9.17) is 10.7 Å². The van der Waals surface area contributed by atoms with Crippen molar-refractivity contribution in [3.8, 4) is 0 Å². The summed E-state index contributed by atoms with van der Waals surface area (Å²) in [5.74, 6) is 0.329. The van der Waals surface area contributed by atoms with Crippen LogP contribution >= 0.6 is 0 Å². The molecule has 2 N–H and O–H groups in total. The normalized spacial score (nSPS) is 16.2. The van der Waals surface area contributed by atoms with Gasteiger partial charge in [0.1, 0.15) is 0 Å². The van der Waals surface area contributed by atoms with Crippen LogP contribution in [0.5, 0.6) is 0 Å². The molecule has 0 saturated carbocycles. The molecule has 0 unspecified atom stereocenters. The molecule has 0 aliphatic carbocycles. The van der Waals surface area contributed by atoms with Crippen molar-refractivity contribution < 1.29 is 4.79 Å². The Bertz CT molecular complexity index is 707. The smallest absolute Gasteiger partial charge is 0.226 e. The molecule has 1 aliphatic heterocycles. The number of nitrogens with two attached hydrogens (primary N) is 1. The van der Waals surface area contributed by atoms with Crippen LogP contribution in [0.15, 0.2) is 18.2 Å². The standard InChI is InChI=1S/C16H21N5O/c1-11-4-3-5-12-15(11)13(10-14(17)22)19-16(18-12)21-8-6-20(2)7-9-21/h3-5H,6-10H2,1-2H3,(H2,17,22). The molecule has 1 amide bonds. The Morgan fingerprint density at radius 3 is 2.64 bits per heavy atom. The number of carbonyl (C=O) groups is 1. The van der Waals surface area contributed by atoms with Gasteiger partial charge in [-0.05, 0) is 25.6 Å². The van der Waals surface area contributed by atoms with Crippen LogP contribution in [-0.2, 0) is 11.2 Å². The summed E-state index contributed by atoms with van der Waals surface area (Å²) < 4.78 is 0. The first-order valence-electron chi connectivity index (χ1n) is 7.52. The van der Waals surface area contributed by atoms with Gasteiger partial charge >= 0.3 is 0 Å². The first kappa shape index (κ1) is 14.7. The number of likely N-dealkylation sites (N-methyl/N-ethyl adjacent to an activating group) is 1. The molecular formula is C16H21N5O. The summed E-state index contributed by atoms with van der Waals surface area (Å²) in [6, 6.07) is 5.95. The average Bonchev–Trinajstić information content (AvgIpc) is 2.47. The van der Waals surface area contributed by atoms with Gasteiger partial charge in [-0.2, -0.15) is 0 Å². The van der Waals surface area contributed by atoms with Crippen molar-refractivity contribution >= 4 is 22.8 Å². The zero-order valence-electron chi connectivity index (χ0n) is 13.0. The highest BCUT2D eigenvalue weighted by atomic mass is 16.1. The molecule has 116 valence electrons. The van der Waals surface area contributed by atoms with Gasteiger partial charge in [-0.1, -0.05) is 12.1 Å². The molecule has 1 aromatic heterocycles. The van der Waals surface area contributed by atoms with E-state index >= 15 is 0 Å². The van der Waals surface area contributed by atoms with Gasteiger partial charge in [0.2, 0.25) is 11.9 Å². The summed E-state index contributed by atoms with van der Waals surface area (Å²) in [5, 5.41) is 0.944. The first-order chi connectivity index (χ1) is 10.5. The Morgan fingerprint density at radius 2 is 1.95 bits per heavy atom. The van der Waals surface area contributed by atoms with E-state index in [1.54, 1.807) is 0 Å². The number of carbonyl (C=O) groups excluding carboxylic acids is 1. The number of amides is 1. The molecule has 22 heavy (non-hydrogen) atoms. The lowest BCUT2D eigenvalue weighted by atomic mass is 10.1. The maximum absolute atomic E-state index is 11.4. The summed E-state index contributed by atoms with van der Waals surface area (Å²) in [7, 11) is 2.11. The summed E-state index contributed by atoms with van der Waals surface area (Å²) in [6.45, 7) is 5.76. The highest BCUT2D eigenvalue weighted by Crippen LogP contribution is 2.23. The Morgan fingerprint density at radius 1 is 1.23 bits per heavy atom. The summed E-state index contributed by atoms with van der Waals surface area (Å²) in [6.07, 6.45) is 0.143. The van der Waals surface area contributed by atoms with Gasteiger partial charge in [-0.25, -0.2) is 9.97 Å². The van der Waals surface area contributed by atoms with E-state index in [9.17, 15) is 4.79 Å². The van der Waals surface area contributed by atoms with Gasteiger partial charge in [0, 0.05) is 31.6 Å². The molecule has 1 aliphatic rings. The summed E-state index contributed by atoms with van der Waals surface area (Å²) >= 11 is 0. The highest BCUT2D eigenvalue weighted by molar-refractivity contribution is 5.89. The second-order valence-corrected chi connectivity index (χ2v) is 5.87. The minimum absolute atomic E-state index is 0.143. The molecule has 1 aromatic carbocycles. The molecule has 0 bridgehead atoms. The minimum Gasteiger partial charge on any atom is -0.369 e. The predicted octanol–water partition coefficient (Wildman–Crippen LogP) is 0.718. The quantitative estimate of drug-likeness (QED) is 0.904. The molecule has 1 saturated heterocycles. The Labute approximate surface area is 129 Å². The zero-order chi connectivity index (χ0) is 15.7. The Balaban J connectivity index is 2.06. The maximum atomic E-state index is 11.4. The van der Waals surface area contributed by atoms with Gasteiger partial charge in [-0.15, -0.1) is 0 Å². The topological polar surface area (TPSA) is 75.3 Å². The van der Waals surface area contributed by atoms with Gasteiger partial charge in [0.05, 0.1) is 17.6 Å². The van der Waals surface area contributed by atoms with E-state index in [-0.39, 0.29) is 12.3 Å². The molecule has 0 spiro atoms. The SMILES string of the molecule is Cc1cccc2nc(N3CCN(C)CC3)nc(CC(N)=O)c12. The van der Waals surface area contributed by atoms with Crippen LogP contribution in [0, 0.1) is 6.92 Å². The monoisotopic (exact) mass is 299 g/mol. The Kier molecular flexibility index (Phi) is 3.94. The van der Waals surface area contributed by atoms with Crippen LogP contribution < -0.4 is 10.6 Å². The summed E-state index contributed by atoms with van der Waals surface area (Å²) in [4.78, 5) is 25.2. The van der Waals surface area contributed by atoms with E-state index in [1.165, 1.54) is 0 Å². The molecule has 6 nitrogen and oxygen atoms in total. The van der Waals surface area contributed by atoms with Gasteiger partial charge in [0.15, 0.2) is 0 Å². The van der Waals surface area contributed by atoms with E-state index in [0.29, 0.717) is 5.95 Å². The number of aromatic nitrogens is 2. The van der Waals surface area contributed by atoms with Crippen molar-refractivity contribution in [2.75, 3.05) is 38.1 Å². The molecule has 0 radical (unpaired) electrons. The third-order valence-corrected chi connectivity index (χ3v) is 4.12. The van der Waals surface area contributed by atoms with Crippen molar-refractivity contribution in [3.63, 3.8) is 0 Å². The zero-order valence-corrected chi connectivity index (χ0v) is 13.0. The largest absolute Gasteiger partial charge is 0.369 e. The molecule has 3 rings (SSSR count). The minimum atomic E-state index is -0.368. The number of piperazine rings is 1. The van der Waals surface area contributed by atoms with Crippen LogP contribution in [0.4, 0.5) is 5.95 Å². The van der Waals surface area contributed by atoms with Gasteiger partial charge in [0.25, 0.3) is 0 Å². The number of aryl methyl sites for hydroxylation is 1. The van der Waals surface area contributed by atoms with E-state index < -0.39 is 0 Å². The van der Waals surface area contributed by atoms with Crippen molar-refractivity contribution in [1.82, 2.24) is 14.9 Å². The lowest BCUT2D eigenvalue weighted by molar-refractivity contribution is -0.117. The number of nitrogens with zero attached hydrogens (tertiary/aromatic N) is 4. The van der Waals surface area contributed by atoms with E-state index in [0.717, 1.165) is 48.3 Å². The second-order valence-electron chi connectivity index (χ2n) is 5.87. The number of rotatable bonds is 3. The fraction of sp³-hybridized carbons (Fsp3) is 0.438. The third-order valence-electron chi connectivity index (χ3n) is 4.12. The van der Waals surface area contributed by atoms with Crippen LogP contribution in [0.2, 0.25) is 0 Å². The van der Waals surface area contributed by atoms with Crippen LogP contribution in [-0.4, -0.2) is 54.0 Å². The lowest BCUT2D eigenvalue weighted by Crippen LogP contribution is -2.45. The fourth-order valence-corrected chi connectivity index (χ4v) is 2.87. The van der Waals surface area contributed by atoms with Crippen LogP contribution in [0.3, 0.4) is 0 Å². The van der Waals surface area contributed by atoms with Crippen LogP contribution in [0.25, 0.3) is 10.9 Å². The summed E-state index contributed by atoms with van der Waals surface area (Å²) in [5.41, 5.74) is 8.06. The second kappa shape index (κ2) is 5.88. The third kappa shape index (κ3) is 2.87. The van der Waals surface area contributed by atoms with E-state index in [2.05, 4.69) is 21.8 Å². The molecule has 2 aromatic rings. The van der Waals surface area contributed by atoms with Crippen molar-refractivity contribution in [2.45, 2.75) is 13.3 Å². The lowest BCUT2D eigenvalue weighted by Gasteiger charge is -2.32. The van der Waals surface area contributed by atoms with Gasteiger partial charge < -0.3 is 15.5 Å². The number of anilines is 1. The maximum Gasteiger partial charge on any atom is 0.226 e. The number of hydrogen-bond donors (Lipinski definition) is 1. The van der Waals surface area contributed by atoms with Crippen molar-refractivity contribution in [1.29, 1.82) is 0 Å². The average molecular weight is 299 g/mol. The Hall–Kier alpha value is -2.21. The predicted molar refractivity (Wildman–Crippen MR) is 86.9 cm³/mol. The fourth-order valence-electron chi connectivity index (χ4n) is 2.87. The van der Waals surface area contributed by atoms with Crippen molar-refractivity contribution in [2.24, 2.45) is 5.73 Å². The van der Waals surface area contributed by atoms with Gasteiger partial charge in [-0.3, -0.25) is 4.79 Å². The first-order valence-corrected chi connectivity index (χ1v) is 7.52. The number of hydrogen-bond acceptors (Lipinski definition) is 5. The molecule has 0 atom stereocenters. The van der Waals surface area contributed by atoms with Crippen LogP contribution in [0.1, 0.15) is 11.3 Å². The molecule has 1 fully saturated rings. The number of benzene rings is 1. The highest BCUT2D eigenvalue weighted by Gasteiger charge is 2.19. The molecular weight excluding hydrogens is 278 g/mol. The van der Waals surface area contributed by atoms with Crippen molar-refractivity contribution in [3.05, 3.63) is 29.5 Å².